The molecule has 0 saturated heterocycles. The zero-order valence-electron chi connectivity index (χ0n) is 17.3. The zero-order valence-corrected chi connectivity index (χ0v) is 17.3. The largest absolute Gasteiger partial charge is 0.478 e. The predicted molar refractivity (Wildman–Crippen MR) is 109 cm³/mol. The molecule has 3 amide bonds. The number of fused-ring (bicyclic) bond motifs is 1. The standard InChI is InChI=1S/C22H25N3O5/c1-22(2,3)30-21(28)24-14-15-9-10-18(23-13-15)29-12-6-11-25-19(26)16-7-4-5-8-17(16)20(25)27/h4-5,7-10,13H,6,11-12,14H2,1-3H3,(H,24,28). The molecule has 8 heteroatoms. The summed E-state index contributed by atoms with van der Waals surface area (Å²) < 4.78 is 10.8. The van der Waals surface area contributed by atoms with Crippen molar-refractivity contribution < 1.29 is 23.9 Å². The van der Waals surface area contributed by atoms with E-state index in [-0.39, 0.29) is 18.4 Å². The molecular weight excluding hydrogens is 386 g/mol. The minimum Gasteiger partial charge on any atom is -0.478 e. The number of hydrogen-bond acceptors (Lipinski definition) is 6. The van der Waals surface area contributed by atoms with E-state index in [0.717, 1.165) is 5.56 Å². The van der Waals surface area contributed by atoms with Crippen LogP contribution < -0.4 is 10.1 Å². The van der Waals surface area contributed by atoms with Gasteiger partial charge < -0.3 is 14.8 Å². The second-order valence-corrected chi connectivity index (χ2v) is 7.87. The summed E-state index contributed by atoms with van der Waals surface area (Å²) in [5.74, 6) is -0.107. The maximum Gasteiger partial charge on any atom is 0.407 e. The van der Waals surface area contributed by atoms with Gasteiger partial charge >= 0.3 is 6.09 Å². The molecule has 0 saturated carbocycles. The molecule has 1 aromatic carbocycles. The summed E-state index contributed by atoms with van der Waals surface area (Å²) in [4.78, 5) is 41.7. The van der Waals surface area contributed by atoms with Crippen LogP contribution in [0.2, 0.25) is 0 Å². The van der Waals surface area contributed by atoms with Crippen LogP contribution >= 0.6 is 0 Å². The van der Waals surface area contributed by atoms with Gasteiger partial charge in [0.2, 0.25) is 5.88 Å². The van der Waals surface area contributed by atoms with Crippen molar-refractivity contribution in [2.45, 2.75) is 39.3 Å². The molecule has 0 bridgehead atoms. The van der Waals surface area contributed by atoms with Crippen molar-refractivity contribution in [2.75, 3.05) is 13.2 Å². The van der Waals surface area contributed by atoms with E-state index in [1.165, 1.54) is 4.90 Å². The third-order valence-electron chi connectivity index (χ3n) is 4.29. The molecule has 0 spiro atoms. The Morgan fingerprint density at radius 3 is 2.30 bits per heavy atom. The van der Waals surface area contributed by atoms with Crippen molar-refractivity contribution in [3.8, 4) is 5.88 Å². The highest BCUT2D eigenvalue weighted by atomic mass is 16.6. The van der Waals surface area contributed by atoms with Gasteiger partial charge in [-0.3, -0.25) is 14.5 Å². The summed E-state index contributed by atoms with van der Waals surface area (Å²) in [6.07, 6.45) is 1.61. The average Bonchev–Trinajstić information content (AvgIpc) is 2.94. The molecule has 0 atom stereocenters. The number of alkyl carbamates (subject to hydrolysis) is 1. The fraction of sp³-hybridized carbons (Fsp3) is 0.364. The summed E-state index contributed by atoms with van der Waals surface area (Å²) in [7, 11) is 0. The van der Waals surface area contributed by atoms with Gasteiger partial charge in [0, 0.05) is 25.4 Å². The van der Waals surface area contributed by atoms with Gasteiger partial charge in [-0.25, -0.2) is 9.78 Å². The number of carbonyl (C=O) groups is 3. The number of rotatable bonds is 7. The van der Waals surface area contributed by atoms with Crippen LogP contribution in [0.4, 0.5) is 4.79 Å². The van der Waals surface area contributed by atoms with E-state index < -0.39 is 11.7 Å². The van der Waals surface area contributed by atoms with Crippen LogP contribution in [0.1, 0.15) is 53.5 Å². The van der Waals surface area contributed by atoms with Gasteiger partial charge in [-0.2, -0.15) is 0 Å². The van der Waals surface area contributed by atoms with Gasteiger partial charge in [0.1, 0.15) is 5.60 Å². The lowest BCUT2D eigenvalue weighted by atomic mass is 10.1. The van der Waals surface area contributed by atoms with Crippen molar-refractivity contribution in [2.24, 2.45) is 0 Å². The first-order valence-electron chi connectivity index (χ1n) is 9.74. The average molecular weight is 411 g/mol. The molecule has 158 valence electrons. The summed E-state index contributed by atoms with van der Waals surface area (Å²) in [6, 6.07) is 10.3. The summed E-state index contributed by atoms with van der Waals surface area (Å²) in [5, 5.41) is 2.66. The van der Waals surface area contributed by atoms with Crippen LogP contribution in [0.15, 0.2) is 42.6 Å². The van der Waals surface area contributed by atoms with E-state index >= 15 is 0 Å². The third-order valence-corrected chi connectivity index (χ3v) is 4.29. The van der Waals surface area contributed by atoms with Crippen LogP contribution in [0.25, 0.3) is 0 Å². The second kappa shape index (κ2) is 8.94. The van der Waals surface area contributed by atoms with Crippen molar-refractivity contribution in [3.63, 3.8) is 0 Å². The van der Waals surface area contributed by atoms with E-state index in [4.69, 9.17) is 9.47 Å². The number of pyridine rings is 1. The van der Waals surface area contributed by atoms with Gasteiger partial charge in [0.25, 0.3) is 11.8 Å². The minimum absolute atomic E-state index is 0.268. The zero-order chi connectivity index (χ0) is 21.7. The first-order chi connectivity index (χ1) is 14.2. The van der Waals surface area contributed by atoms with E-state index in [1.807, 2.05) is 0 Å². The maximum atomic E-state index is 12.3. The molecule has 0 fully saturated rings. The van der Waals surface area contributed by atoms with Gasteiger partial charge in [0.05, 0.1) is 17.7 Å². The number of aromatic nitrogens is 1. The van der Waals surface area contributed by atoms with Crippen molar-refractivity contribution in [1.29, 1.82) is 0 Å². The number of nitrogens with zero attached hydrogens (tertiary/aromatic N) is 2. The lowest BCUT2D eigenvalue weighted by Crippen LogP contribution is -2.32. The third kappa shape index (κ3) is 5.34. The van der Waals surface area contributed by atoms with Crippen LogP contribution in [-0.4, -0.2) is 46.5 Å². The number of imide groups is 1. The molecule has 2 heterocycles. The second-order valence-electron chi connectivity index (χ2n) is 7.87. The predicted octanol–water partition coefficient (Wildman–Crippen LogP) is 3.17. The normalized spacial score (nSPS) is 13.2. The first kappa shape index (κ1) is 21.3. The van der Waals surface area contributed by atoms with Gasteiger partial charge in [-0.15, -0.1) is 0 Å². The topological polar surface area (TPSA) is 97.8 Å². The lowest BCUT2D eigenvalue weighted by Gasteiger charge is -2.19. The van der Waals surface area contributed by atoms with Crippen molar-refractivity contribution in [1.82, 2.24) is 15.2 Å². The quantitative estimate of drug-likeness (QED) is 0.555. The first-order valence-corrected chi connectivity index (χ1v) is 9.74. The summed E-state index contributed by atoms with van der Waals surface area (Å²) >= 11 is 0. The molecular formula is C22H25N3O5. The SMILES string of the molecule is CC(C)(C)OC(=O)NCc1ccc(OCCCN2C(=O)c3ccccc3C2=O)nc1. The number of benzene rings is 1. The highest BCUT2D eigenvalue weighted by Crippen LogP contribution is 2.22. The molecule has 2 aromatic rings. The molecule has 0 aliphatic carbocycles. The minimum atomic E-state index is -0.548. The molecule has 1 aliphatic rings. The molecule has 0 unspecified atom stereocenters. The van der Waals surface area contributed by atoms with Crippen molar-refractivity contribution >= 4 is 17.9 Å². The van der Waals surface area contributed by atoms with Crippen LogP contribution in [0.3, 0.4) is 0 Å². The number of nitrogens with one attached hydrogen (secondary N) is 1. The van der Waals surface area contributed by atoms with E-state index in [9.17, 15) is 14.4 Å². The number of hydrogen-bond donors (Lipinski definition) is 1. The number of carbonyl (C=O) groups excluding carboxylic acids is 3. The Bertz CT molecular complexity index is 900. The lowest BCUT2D eigenvalue weighted by molar-refractivity contribution is 0.0522. The number of amides is 3. The van der Waals surface area contributed by atoms with Gasteiger partial charge in [0.15, 0.2) is 0 Å². The smallest absolute Gasteiger partial charge is 0.407 e. The maximum absolute atomic E-state index is 12.3. The molecule has 1 aromatic heterocycles. The Labute approximate surface area is 175 Å². The Morgan fingerprint density at radius 2 is 1.73 bits per heavy atom. The molecule has 30 heavy (non-hydrogen) atoms. The molecule has 0 radical (unpaired) electrons. The highest BCUT2D eigenvalue weighted by Gasteiger charge is 2.34. The Kier molecular flexibility index (Phi) is 6.34. The Hall–Kier alpha value is -3.42. The van der Waals surface area contributed by atoms with Crippen LogP contribution in [-0.2, 0) is 11.3 Å². The Balaban J connectivity index is 1.40. The Morgan fingerprint density at radius 1 is 1.07 bits per heavy atom. The molecule has 1 aliphatic heterocycles. The van der Waals surface area contributed by atoms with Crippen LogP contribution in [0, 0.1) is 0 Å². The van der Waals surface area contributed by atoms with Crippen LogP contribution in [0.5, 0.6) is 5.88 Å². The van der Waals surface area contributed by atoms with Crippen molar-refractivity contribution in [3.05, 3.63) is 59.3 Å². The summed E-state index contributed by atoms with van der Waals surface area (Å²) in [6.45, 7) is 6.29. The number of ether oxygens (including phenoxy) is 2. The molecule has 8 nitrogen and oxygen atoms in total. The van der Waals surface area contributed by atoms with E-state index in [0.29, 0.717) is 36.6 Å². The van der Waals surface area contributed by atoms with E-state index in [2.05, 4.69) is 10.3 Å². The highest BCUT2D eigenvalue weighted by molar-refractivity contribution is 6.21. The van der Waals surface area contributed by atoms with E-state index in [1.54, 1.807) is 63.4 Å². The van der Waals surface area contributed by atoms with Gasteiger partial charge in [-0.05, 0) is 44.9 Å². The summed E-state index contributed by atoms with van der Waals surface area (Å²) in [5.41, 5.74) is 1.15. The fourth-order valence-electron chi connectivity index (χ4n) is 2.93. The monoisotopic (exact) mass is 411 g/mol. The van der Waals surface area contributed by atoms with Gasteiger partial charge in [-0.1, -0.05) is 18.2 Å². The fourth-order valence-corrected chi connectivity index (χ4v) is 2.93. The molecule has 1 N–H and O–H groups in total. The molecule has 3 rings (SSSR count).